The van der Waals surface area contributed by atoms with E-state index in [0.717, 1.165) is 17.4 Å². The molecule has 1 aliphatic heterocycles. The van der Waals surface area contributed by atoms with Crippen molar-refractivity contribution >= 4 is 23.4 Å². The van der Waals surface area contributed by atoms with E-state index in [2.05, 4.69) is 5.32 Å². The highest BCUT2D eigenvalue weighted by Crippen LogP contribution is 2.32. The summed E-state index contributed by atoms with van der Waals surface area (Å²) in [7, 11) is 1.38. The van der Waals surface area contributed by atoms with E-state index in [1.165, 1.54) is 25.2 Å². The topological polar surface area (TPSA) is 69.7 Å². The van der Waals surface area contributed by atoms with Crippen molar-refractivity contribution in [3.8, 4) is 0 Å². The van der Waals surface area contributed by atoms with Crippen LogP contribution in [0.15, 0.2) is 48.5 Å². The van der Waals surface area contributed by atoms with E-state index < -0.39 is 23.6 Å². The van der Waals surface area contributed by atoms with Crippen LogP contribution in [0.4, 0.5) is 18.9 Å². The van der Waals surface area contributed by atoms with Crippen LogP contribution in [0.1, 0.15) is 34.3 Å². The Hall–Kier alpha value is -3.36. The molecule has 1 saturated heterocycles. The molecule has 0 aromatic heterocycles. The van der Waals surface area contributed by atoms with Crippen LogP contribution in [0.5, 0.6) is 0 Å². The first-order valence-electron chi connectivity index (χ1n) is 9.74. The molecule has 6 nitrogen and oxygen atoms in total. The second-order valence-corrected chi connectivity index (χ2v) is 7.28. The van der Waals surface area contributed by atoms with E-state index in [1.807, 2.05) is 0 Å². The zero-order valence-electron chi connectivity index (χ0n) is 16.9. The molecule has 1 fully saturated rings. The zero-order chi connectivity index (χ0) is 22.6. The normalized spacial score (nSPS) is 13.9. The van der Waals surface area contributed by atoms with Gasteiger partial charge in [0, 0.05) is 37.8 Å². The van der Waals surface area contributed by atoms with Crippen molar-refractivity contribution in [3.63, 3.8) is 0 Å². The summed E-state index contributed by atoms with van der Waals surface area (Å²) in [5, 5.41) is 2.48. The van der Waals surface area contributed by atoms with E-state index in [1.54, 1.807) is 29.2 Å². The van der Waals surface area contributed by atoms with E-state index in [4.69, 9.17) is 0 Å². The fourth-order valence-electron chi connectivity index (χ4n) is 3.39. The SMILES string of the molecule is CN(Cc1ccccc1C(F)(F)F)C(=O)CNC(=O)c1ccc(N2CCCC2=O)cc1. The fourth-order valence-corrected chi connectivity index (χ4v) is 3.39. The van der Waals surface area contributed by atoms with Crippen LogP contribution in [0.25, 0.3) is 0 Å². The third-order valence-corrected chi connectivity index (χ3v) is 5.07. The Labute approximate surface area is 177 Å². The number of rotatable bonds is 6. The lowest BCUT2D eigenvalue weighted by molar-refractivity contribution is -0.139. The summed E-state index contributed by atoms with van der Waals surface area (Å²) in [5.41, 5.74) is 0.200. The Kier molecular flexibility index (Phi) is 6.62. The maximum absolute atomic E-state index is 13.1. The second kappa shape index (κ2) is 9.20. The van der Waals surface area contributed by atoms with Gasteiger partial charge in [0.1, 0.15) is 0 Å². The van der Waals surface area contributed by atoms with Crippen molar-refractivity contribution in [2.24, 2.45) is 0 Å². The first-order valence-corrected chi connectivity index (χ1v) is 9.74. The number of amides is 3. The molecular formula is C22H22F3N3O3. The first kappa shape index (κ1) is 22.3. The highest BCUT2D eigenvalue weighted by atomic mass is 19.4. The Bertz CT molecular complexity index is 974. The molecule has 2 aromatic rings. The Morgan fingerprint density at radius 1 is 1.10 bits per heavy atom. The van der Waals surface area contributed by atoms with E-state index in [9.17, 15) is 27.6 Å². The van der Waals surface area contributed by atoms with Crippen LogP contribution >= 0.6 is 0 Å². The van der Waals surface area contributed by atoms with Crippen molar-refractivity contribution in [3.05, 3.63) is 65.2 Å². The number of carbonyl (C=O) groups excluding carboxylic acids is 3. The number of alkyl halides is 3. The number of benzene rings is 2. The second-order valence-electron chi connectivity index (χ2n) is 7.28. The minimum absolute atomic E-state index is 0.0239. The van der Waals surface area contributed by atoms with E-state index >= 15 is 0 Å². The maximum Gasteiger partial charge on any atom is 0.416 e. The lowest BCUT2D eigenvalue weighted by Crippen LogP contribution is -2.38. The van der Waals surface area contributed by atoms with E-state index in [-0.39, 0.29) is 24.6 Å². The monoisotopic (exact) mass is 433 g/mol. The molecule has 9 heteroatoms. The van der Waals surface area contributed by atoms with Gasteiger partial charge in [0.2, 0.25) is 11.8 Å². The molecule has 0 spiro atoms. The quantitative estimate of drug-likeness (QED) is 0.761. The van der Waals surface area contributed by atoms with Crippen molar-refractivity contribution in [1.29, 1.82) is 0 Å². The number of hydrogen-bond acceptors (Lipinski definition) is 3. The molecule has 1 heterocycles. The molecule has 0 saturated carbocycles. The van der Waals surface area contributed by atoms with Gasteiger partial charge in [-0.15, -0.1) is 0 Å². The van der Waals surface area contributed by atoms with Gasteiger partial charge in [0.05, 0.1) is 12.1 Å². The maximum atomic E-state index is 13.1. The predicted octanol–water partition coefficient (Wildman–Crippen LogP) is 3.22. The van der Waals surface area contributed by atoms with Gasteiger partial charge < -0.3 is 15.1 Å². The van der Waals surface area contributed by atoms with Crippen LogP contribution < -0.4 is 10.2 Å². The van der Waals surface area contributed by atoms with Gasteiger partial charge in [0.15, 0.2) is 0 Å². The zero-order valence-corrected chi connectivity index (χ0v) is 16.9. The van der Waals surface area contributed by atoms with Gasteiger partial charge in [-0.1, -0.05) is 18.2 Å². The smallest absolute Gasteiger partial charge is 0.343 e. The third kappa shape index (κ3) is 5.42. The van der Waals surface area contributed by atoms with Crippen LogP contribution in [0.2, 0.25) is 0 Å². The molecule has 1 N–H and O–H groups in total. The van der Waals surface area contributed by atoms with Crippen LogP contribution in [0.3, 0.4) is 0 Å². The van der Waals surface area contributed by atoms with Crippen LogP contribution in [-0.4, -0.2) is 42.8 Å². The Balaban J connectivity index is 1.55. The number of nitrogens with zero attached hydrogens (tertiary/aromatic N) is 2. The molecule has 3 rings (SSSR count). The summed E-state index contributed by atoms with van der Waals surface area (Å²) in [5.74, 6) is -0.973. The van der Waals surface area contributed by atoms with Gasteiger partial charge in [-0.25, -0.2) is 0 Å². The van der Waals surface area contributed by atoms with E-state index in [0.29, 0.717) is 24.2 Å². The molecular weight excluding hydrogens is 411 g/mol. The van der Waals surface area contributed by atoms with Crippen LogP contribution in [0, 0.1) is 0 Å². The summed E-state index contributed by atoms with van der Waals surface area (Å²) in [6, 6.07) is 11.5. The number of nitrogens with one attached hydrogen (secondary N) is 1. The molecule has 1 aliphatic rings. The number of likely N-dealkylation sites (N-methyl/N-ethyl adjacent to an activating group) is 1. The number of halogens is 3. The minimum atomic E-state index is -4.51. The van der Waals surface area contributed by atoms with Crippen molar-refractivity contribution in [2.45, 2.75) is 25.6 Å². The summed E-state index contributed by atoms with van der Waals surface area (Å²) in [6.45, 7) is 0.0571. The van der Waals surface area contributed by atoms with Crippen LogP contribution in [-0.2, 0) is 22.3 Å². The molecule has 0 bridgehead atoms. The highest BCUT2D eigenvalue weighted by Gasteiger charge is 2.33. The molecule has 0 atom stereocenters. The summed E-state index contributed by atoms with van der Waals surface area (Å²) in [4.78, 5) is 39.2. The summed E-state index contributed by atoms with van der Waals surface area (Å²) < 4.78 is 39.3. The lowest BCUT2D eigenvalue weighted by atomic mass is 10.1. The minimum Gasteiger partial charge on any atom is -0.343 e. The molecule has 164 valence electrons. The van der Waals surface area contributed by atoms with Gasteiger partial charge in [-0.05, 0) is 42.3 Å². The Morgan fingerprint density at radius 2 is 1.77 bits per heavy atom. The molecule has 3 amide bonds. The highest BCUT2D eigenvalue weighted by molar-refractivity contribution is 5.98. The average molecular weight is 433 g/mol. The van der Waals surface area contributed by atoms with Gasteiger partial charge in [-0.2, -0.15) is 13.2 Å². The molecule has 0 radical (unpaired) electrons. The third-order valence-electron chi connectivity index (χ3n) is 5.07. The van der Waals surface area contributed by atoms with Crippen molar-refractivity contribution in [1.82, 2.24) is 10.2 Å². The Morgan fingerprint density at radius 3 is 2.39 bits per heavy atom. The number of anilines is 1. The molecule has 31 heavy (non-hydrogen) atoms. The van der Waals surface area contributed by atoms with Gasteiger partial charge in [0.25, 0.3) is 5.91 Å². The standard InChI is InChI=1S/C22H22F3N3O3/c1-27(14-16-5-2-3-6-18(16)22(23,24)25)20(30)13-26-21(31)15-8-10-17(11-9-15)28-12-4-7-19(28)29/h2-3,5-6,8-11H,4,7,12-14H2,1H3,(H,26,31). The van der Waals surface area contributed by atoms with Gasteiger partial charge in [-0.3, -0.25) is 14.4 Å². The predicted molar refractivity (Wildman–Crippen MR) is 108 cm³/mol. The largest absolute Gasteiger partial charge is 0.416 e. The molecule has 0 unspecified atom stereocenters. The summed E-state index contributed by atoms with van der Waals surface area (Å²) in [6.07, 6.45) is -3.21. The molecule has 0 aliphatic carbocycles. The van der Waals surface area contributed by atoms with Crippen molar-refractivity contribution < 1.29 is 27.6 Å². The number of hydrogen-bond donors (Lipinski definition) is 1. The van der Waals surface area contributed by atoms with Gasteiger partial charge >= 0.3 is 6.18 Å². The summed E-state index contributed by atoms with van der Waals surface area (Å²) >= 11 is 0. The van der Waals surface area contributed by atoms with Crippen molar-refractivity contribution in [2.75, 3.05) is 25.0 Å². The fraction of sp³-hybridized carbons (Fsp3) is 0.318. The number of carbonyl (C=O) groups is 3. The molecule has 2 aromatic carbocycles. The average Bonchev–Trinajstić information content (AvgIpc) is 3.17. The first-order chi connectivity index (χ1) is 14.7. The lowest BCUT2D eigenvalue weighted by Gasteiger charge is -2.20.